The predicted octanol–water partition coefficient (Wildman–Crippen LogP) is 2.58. The van der Waals surface area contributed by atoms with E-state index in [1.54, 1.807) is 6.92 Å². The molecule has 15 heavy (non-hydrogen) atoms. The predicted molar refractivity (Wildman–Crippen MR) is 58.2 cm³/mol. The molecule has 1 aliphatic rings. The molecule has 1 aliphatic carbocycles. The van der Waals surface area contributed by atoms with Crippen molar-refractivity contribution in [3.8, 4) is 0 Å². The third kappa shape index (κ3) is 3.42. The van der Waals surface area contributed by atoms with Crippen LogP contribution in [0.2, 0.25) is 0 Å². The molecule has 0 radical (unpaired) electrons. The van der Waals surface area contributed by atoms with E-state index in [9.17, 15) is 4.79 Å². The van der Waals surface area contributed by atoms with Crippen LogP contribution in [0.5, 0.6) is 0 Å². The third-order valence-electron chi connectivity index (χ3n) is 2.52. The van der Waals surface area contributed by atoms with Gasteiger partial charge in [-0.05, 0) is 32.6 Å². The Morgan fingerprint density at radius 3 is 2.47 bits per heavy atom. The van der Waals surface area contributed by atoms with Crippen LogP contribution in [0.1, 0.15) is 32.6 Å². The zero-order valence-electron chi connectivity index (χ0n) is 9.20. The van der Waals surface area contributed by atoms with Crippen molar-refractivity contribution < 1.29 is 14.3 Å². The van der Waals surface area contributed by atoms with Crippen LogP contribution in [0.25, 0.3) is 0 Å². The van der Waals surface area contributed by atoms with Gasteiger partial charge in [-0.2, -0.15) is 0 Å². The second-order valence-corrected chi connectivity index (χ2v) is 3.85. The van der Waals surface area contributed by atoms with E-state index in [0.717, 1.165) is 25.7 Å². The maximum Gasteiger partial charge on any atom is 0.333 e. The van der Waals surface area contributed by atoms with Crippen molar-refractivity contribution in [1.82, 2.24) is 0 Å². The van der Waals surface area contributed by atoms with Crippen LogP contribution in [-0.4, -0.2) is 18.2 Å². The Kier molecular flexibility index (Phi) is 4.40. The lowest BCUT2D eigenvalue weighted by Crippen LogP contribution is -2.35. The first kappa shape index (κ1) is 11.8. The second kappa shape index (κ2) is 5.59. The second-order valence-electron chi connectivity index (χ2n) is 3.85. The van der Waals surface area contributed by atoms with Crippen molar-refractivity contribution in [2.45, 2.75) is 44.8 Å². The van der Waals surface area contributed by atoms with Gasteiger partial charge in [-0.3, -0.25) is 0 Å². The molecule has 84 valence electrons. The molecule has 2 atom stereocenters. The first-order valence-electron chi connectivity index (χ1n) is 5.28. The van der Waals surface area contributed by atoms with Crippen LogP contribution in [0.3, 0.4) is 0 Å². The Morgan fingerprint density at radius 2 is 1.93 bits per heavy atom. The summed E-state index contributed by atoms with van der Waals surface area (Å²) in [5.74, 6) is -0.334. The Balaban J connectivity index is 2.52. The summed E-state index contributed by atoms with van der Waals surface area (Å²) in [6, 6.07) is 0. The first-order valence-corrected chi connectivity index (χ1v) is 5.28. The Morgan fingerprint density at radius 1 is 1.33 bits per heavy atom. The van der Waals surface area contributed by atoms with Gasteiger partial charge in [0.15, 0.2) is 0 Å². The molecule has 1 saturated carbocycles. The number of hydrogen-bond acceptors (Lipinski definition) is 3. The molecular weight excluding hydrogens is 192 g/mol. The highest BCUT2D eigenvalue weighted by molar-refractivity contribution is 5.87. The number of rotatable bonds is 4. The zero-order chi connectivity index (χ0) is 11.3. The fourth-order valence-electron chi connectivity index (χ4n) is 1.71. The summed E-state index contributed by atoms with van der Waals surface area (Å²) in [6.45, 7) is 8.73. The lowest BCUT2D eigenvalue weighted by Gasteiger charge is -2.30. The fraction of sp³-hybridized carbons (Fsp3) is 0.583. The van der Waals surface area contributed by atoms with E-state index in [1.807, 2.05) is 0 Å². The molecule has 0 aromatic rings. The van der Waals surface area contributed by atoms with Gasteiger partial charge in [0.1, 0.15) is 12.2 Å². The molecule has 1 fully saturated rings. The number of esters is 1. The average molecular weight is 210 g/mol. The minimum atomic E-state index is -0.334. The quantitative estimate of drug-likeness (QED) is 0.406. The standard InChI is InChI=1S/C12H18O3/c1-4-14-10-7-5-6-8-11(10)15-12(13)9(2)3/h4,10-11H,1-2,5-8H2,3H3. The highest BCUT2D eigenvalue weighted by Gasteiger charge is 2.29. The molecule has 2 unspecified atom stereocenters. The van der Waals surface area contributed by atoms with Gasteiger partial charge in [-0.25, -0.2) is 4.79 Å². The van der Waals surface area contributed by atoms with Gasteiger partial charge >= 0.3 is 5.97 Å². The Bertz CT molecular complexity index is 258. The van der Waals surface area contributed by atoms with Crippen LogP contribution in [-0.2, 0) is 14.3 Å². The SMILES string of the molecule is C=COC1CCCCC1OC(=O)C(=C)C. The minimum absolute atomic E-state index is 0.0421. The molecule has 0 spiro atoms. The van der Waals surface area contributed by atoms with Crippen molar-refractivity contribution in [2.24, 2.45) is 0 Å². The van der Waals surface area contributed by atoms with Gasteiger partial charge in [-0.1, -0.05) is 13.2 Å². The summed E-state index contributed by atoms with van der Waals surface area (Å²) in [4.78, 5) is 11.4. The van der Waals surface area contributed by atoms with Gasteiger partial charge in [0.05, 0.1) is 6.26 Å². The van der Waals surface area contributed by atoms with Crippen molar-refractivity contribution in [1.29, 1.82) is 0 Å². The molecule has 0 aromatic carbocycles. The molecule has 3 nitrogen and oxygen atoms in total. The normalized spacial score (nSPS) is 25.4. The summed E-state index contributed by atoms with van der Waals surface area (Å²) in [6.07, 6.45) is 5.18. The van der Waals surface area contributed by atoms with E-state index in [2.05, 4.69) is 13.2 Å². The Labute approximate surface area is 90.8 Å². The van der Waals surface area contributed by atoms with E-state index in [1.165, 1.54) is 6.26 Å². The summed E-state index contributed by atoms with van der Waals surface area (Å²) in [5.41, 5.74) is 0.429. The zero-order valence-corrected chi connectivity index (χ0v) is 9.20. The molecule has 0 saturated heterocycles. The molecule has 1 rings (SSSR count). The van der Waals surface area contributed by atoms with Crippen LogP contribution < -0.4 is 0 Å². The molecule has 0 amide bonds. The lowest BCUT2D eigenvalue weighted by molar-refractivity contribution is -0.152. The fourth-order valence-corrected chi connectivity index (χ4v) is 1.71. The molecule has 0 aliphatic heterocycles. The van der Waals surface area contributed by atoms with E-state index < -0.39 is 0 Å². The molecule has 0 heterocycles. The van der Waals surface area contributed by atoms with E-state index in [0.29, 0.717) is 5.57 Å². The van der Waals surface area contributed by atoms with Crippen LogP contribution >= 0.6 is 0 Å². The van der Waals surface area contributed by atoms with E-state index in [4.69, 9.17) is 9.47 Å². The smallest absolute Gasteiger partial charge is 0.333 e. The lowest BCUT2D eigenvalue weighted by atomic mass is 9.94. The number of carbonyl (C=O) groups excluding carboxylic acids is 1. The largest absolute Gasteiger partial charge is 0.495 e. The van der Waals surface area contributed by atoms with Gasteiger partial charge in [0.2, 0.25) is 0 Å². The number of carbonyl (C=O) groups is 1. The minimum Gasteiger partial charge on any atom is -0.495 e. The maximum absolute atomic E-state index is 11.4. The van der Waals surface area contributed by atoms with Gasteiger partial charge in [-0.15, -0.1) is 0 Å². The van der Waals surface area contributed by atoms with Crippen molar-refractivity contribution in [3.05, 3.63) is 25.0 Å². The maximum atomic E-state index is 11.4. The van der Waals surface area contributed by atoms with Gasteiger partial charge in [0, 0.05) is 5.57 Å². The first-order chi connectivity index (χ1) is 7.15. The van der Waals surface area contributed by atoms with Crippen LogP contribution in [0.4, 0.5) is 0 Å². The molecule has 0 bridgehead atoms. The van der Waals surface area contributed by atoms with Crippen molar-refractivity contribution >= 4 is 5.97 Å². The highest BCUT2D eigenvalue weighted by Crippen LogP contribution is 2.24. The van der Waals surface area contributed by atoms with Crippen LogP contribution in [0, 0.1) is 0 Å². The van der Waals surface area contributed by atoms with E-state index in [-0.39, 0.29) is 18.2 Å². The van der Waals surface area contributed by atoms with E-state index >= 15 is 0 Å². The summed E-state index contributed by atoms with van der Waals surface area (Å²) < 4.78 is 10.6. The third-order valence-corrected chi connectivity index (χ3v) is 2.52. The highest BCUT2D eigenvalue weighted by atomic mass is 16.6. The molecule has 0 aromatic heterocycles. The van der Waals surface area contributed by atoms with Crippen LogP contribution in [0.15, 0.2) is 25.0 Å². The summed E-state index contributed by atoms with van der Waals surface area (Å²) in [5, 5.41) is 0. The molecule has 0 N–H and O–H groups in total. The summed E-state index contributed by atoms with van der Waals surface area (Å²) in [7, 11) is 0. The number of ether oxygens (including phenoxy) is 2. The topological polar surface area (TPSA) is 35.5 Å². The molecular formula is C12H18O3. The molecule has 3 heteroatoms. The monoisotopic (exact) mass is 210 g/mol. The van der Waals surface area contributed by atoms with Crippen molar-refractivity contribution in [2.75, 3.05) is 0 Å². The summed E-state index contributed by atoms with van der Waals surface area (Å²) >= 11 is 0. The average Bonchev–Trinajstić information content (AvgIpc) is 2.21. The number of hydrogen-bond donors (Lipinski definition) is 0. The van der Waals surface area contributed by atoms with Gasteiger partial charge in [0.25, 0.3) is 0 Å². The Hall–Kier alpha value is -1.25. The van der Waals surface area contributed by atoms with Crippen molar-refractivity contribution in [3.63, 3.8) is 0 Å². The van der Waals surface area contributed by atoms with Gasteiger partial charge < -0.3 is 9.47 Å².